The normalized spacial score (nSPS) is 16.2. The summed E-state index contributed by atoms with van der Waals surface area (Å²) >= 11 is 0. The molecular weight excluding hydrogens is 221 g/mol. The lowest BCUT2D eigenvalue weighted by molar-refractivity contribution is 0.0975. The van der Waals surface area contributed by atoms with E-state index in [1.807, 2.05) is 19.1 Å². The summed E-state index contributed by atoms with van der Waals surface area (Å²) in [5.41, 5.74) is 1.43. The van der Waals surface area contributed by atoms with E-state index in [-0.39, 0.29) is 11.7 Å². The summed E-state index contributed by atoms with van der Waals surface area (Å²) in [6, 6.07) is 5.08. The number of carboxylic acid groups (broad SMARTS) is 1. The van der Waals surface area contributed by atoms with Gasteiger partial charge in [-0.3, -0.25) is 0 Å². The number of halogens is 1. The quantitative estimate of drug-likeness (QED) is 0.856. The molecule has 1 N–H and O–H groups in total. The second-order valence-corrected chi connectivity index (χ2v) is 4.33. The van der Waals surface area contributed by atoms with Crippen molar-refractivity contribution < 1.29 is 14.3 Å². The highest BCUT2D eigenvalue weighted by Crippen LogP contribution is 2.19. The summed E-state index contributed by atoms with van der Waals surface area (Å²) in [5, 5.41) is 8.65. The highest BCUT2D eigenvalue weighted by atomic mass is 19.1. The van der Waals surface area contributed by atoms with Crippen LogP contribution in [-0.4, -0.2) is 29.2 Å². The zero-order valence-electron chi connectivity index (χ0n) is 9.56. The van der Waals surface area contributed by atoms with Gasteiger partial charge in [0, 0.05) is 24.6 Å². The Labute approximate surface area is 99.2 Å². The molecule has 1 aliphatic heterocycles. The first kappa shape index (κ1) is 11.6. The third-order valence-electron chi connectivity index (χ3n) is 2.88. The second kappa shape index (κ2) is 4.57. The summed E-state index contributed by atoms with van der Waals surface area (Å²) in [6.45, 7) is 2.84. The number of rotatable bonds is 2. The zero-order valence-corrected chi connectivity index (χ0v) is 9.56. The van der Waals surface area contributed by atoms with Crippen molar-refractivity contribution in [1.82, 2.24) is 4.90 Å². The fourth-order valence-electron chi connectivity index (χ4n) is 1.80. The first-order valence-corrected chi connectivity index (χ1v) is 5.48. The van der Waals surface area contributed by atoms with E-state index in [0.717, 1.165) is 5.56 Å². The predicted molar refractivity (Wildman–Crippen MR) is 63.3 cm³/mol. The zero-order chi connectivity index (χ0) is 12.4. The van der Waals surface area contributed by atoms with Crippen molar-refractivity contribution in [3.05, 3.63) is 41.2 Å². The Balaban J connectivity index is 1.96. The molecule has 4 heteroatoms. The average Bonchev–Trinajstić information content (AvgIpc) is 2.17. The molecule has 0 radical (unpaired) electrons. The fourth-order valence-corrected chi connectivity index (χ4v) is 1.80. The summed E-state index contributed by atoms with van der Waals surface area (Å²) in [6.07, 6.45) is 2.70. The number of aryl methyl sites for hydroxylation is 1. The molecule has 3 nitrogen and oxygen atoms in total. The van der Waals surface area contributed by atoms with Gasteiger partial charge in [0.05, 0.1) is 0 Å². The largest absolute Gasteiger partial charge is 0.465 e. The number of carbonyl (C=O) groups is 1. The fraction of sp³-hybridized carbons (Fsp3) is 0.308. The molecule has 1 aliphatic rings. The number of likely N-dealkylation sites (tertiary alicyclic amines) is 1. The molecule has 1 aromatic rings. The Kier molecular flexibility index (Phi) is 3.13. The SMILES string of the molecule is Cc1ccc(C=CC2CN(C(=O)O)C2)c(F)c1. The van der Waals surface area contributed by atoms with Gasteiger partial charge in [0.2, 0.25) is 0 Å². The minimum Gasteiger partial charge on any atom is -0.465 e. The maximum absolute atomic E-state index is 13.5. The molecule has 0 unspecified atom stereocenters. The van der Waals surface area contributed by atoms with Gasteiger partial charge in [-0.15, -0.1) is 0 Å². The van der Waals surface area contributed by atoms with Gasteiger partial charge in [-0.25, -0.2) is 9.18 Å². The molecule has 1 amide bonds. The first-order valence-electron chi connectivity index (χ1n) is 5.48. The summed E-state index contributed by atoms with van der Waals surface area (Å²) < 4.78 is 13.5. The number of hydrogen-bond donors (Lipinski definition) is 1. The second-order valence-electron chi connectivity index (χ2n) is 4.33. The number of benzene rings is 1. The molecule has 1 heterocycles. The van der Waals surface area contributed by atoms with Crippen LogP contribution in [0.4, 0.5) is 9.18 Å². The Morgan fingerprint density at radius 3 is 2.82 bits per heavy atom. The van der Waals surface area contributed by atoms with Crippen LogP contribution in [0.1, 0.15) is 11.1 Å². The summed E-state index contributed by atoms with van der Waals surface area (Å²) in [4.78, 5) is 11.9. The van der Waals surface area contributed by atoms with Crippen LogP contribution in [0.2, 0.25) is 0 Å². The molecule has 1 saturated heterocycles. The van der Waals surface area contributed by atoms with Gasteiger partial charge in [-0.2, -0.15) is 0 Å². The van der Waals surface area contributed by atoms with Gasteiger partial charge in [0.25, 0.3) is 0 Å². The maximum atomic E-state index is 13.5. The van der Waals surface area contributed by atoms with Crippen LogP contribution in [0.25, 0.3) is 6.08 Å². The van der Waals surface area contributed by atoms with E-state index in [2.05, 4.69) is 0 Å². The average molecular weight is 235 g/mol. The maximum Gasteiger partial charge on any atom is 0.407 e. The highest BCUT2D eigenvalue weighted by molar-refractivity contribution is 5.66. The van der Waals surface area contributed by atoms with Crippen molar-refractivity contribution in [2.45, 2.75) is 6.92 Å². The van der Waals surface area contributed by atoms with Crippen LogP contribution < -0.4 is 0 Å². The van der Waals surface area contributed by atoms with Gasteiger partial charge in [0.1, 0.15) is 5.82 Å². The first-order chi connectivity index (χ1) is 8.06. The lowest BCUT2D eigenvalue weighted by Crippen LogP contribution is -2.48. The molecule has 0 saturated carbocycles. The van der Waals surface area contributed by atoms with Crippen molar-refractivity contribution in [3.63, 3.8) is 0 Å². The van der Waals surface area contributed by atoms with E-state index in [1.54, 1.807) is 12.1 Å². The van der Waals surface area contributed by atoms with Crippen LogP contribution in [0.3, 0.4) is 0 Å². The molecule has 0 aliphatic carbocycles. The summed E-state index contributed by atoms with van der Waals surface area (Å²) in [5.74, 6) is -0.0394. The molecule has 90 valence electrons. The highest BCUT2D eigenvalue weighted by Gasteiger charge is 2.28. The minimum atomic E-state index is -0.892. The number of nitrogens with zero attached hydrogens (tertiary/aromatic N) is 1. The van der Waals surface area contributed by atoms with Crippen molar-refractivity contribution in [1.29, 1.82) is 0 Å². The molecule has 0 atom stereocenters. The predicted octanol–water partition coefficient (Wildman–Crippen LogP) is 2.76. The molecule has 1 aromatic carbocycles. The standard InChI is InChI=1S/C13H14FNO2/c1-9-2-4-11(12(14)6-9)5-3-10-7-15(8-10)13(16)17/h2-6,10H,7-8H2,1H3,(H,16,17). The number of hydrogen-bond acceptors (Lipinski definition) is 1. The van der Waals surface area contributed by atoms with E-state index in [4.69, 9.17) is 5.11 Å². The summed E-state index contributed by atoms with van der Waals surface area (Å²) in [7, 11) is 0. The van der Waals surface area contributed by atoms with Crippen LogP contribution in [-0.2, 0) is 0 Å². The third kappa shape index (κ3) is 2.64. The van der Waals surface area contributed by atoms with Gasteiger partial charge in [-0.05, 0) is 18.6 Å². The molecule has 0 aromatic heterocycles. The van der Waals surface area contributed by atoms with Gasteiger partial charge in [0.15, 0.2) is 0 Å². The topological polar surface area (TPSA) is 40.5 Å². The molecule has 1 fully saturated rings. The van der Waals surface area contributed by atoms with Crippen LogP contribution in [0, 0.1) is 18.7 Å². The van der Waals surface area contributed by atoms with Crippen molar-refractivity contribution in [2.24, 2.45) is 5.92 Å². The molecule has 17 heavy (non-hydrogen) atoms. The Bertz CT molecular complexity index is 464. The van der Waals surface area contributed by atoms with E-state index in [1.165, 1.54) is 11.0 Å². The number of amides is 1. The van der Waals surface area contributed by atoms with Crippen molar-refractivity contribution >= 4 is 12.2 Å². The minimum absolute atomic E-state index is 0.201. The molecular formula is C13H14FNO2. The van der Waals surface area contributed by atoms with Crippen molar-refractivity contribution in [2.75, 3.05) is 13.1 Å². The Morgan fingerprint density at radius 2 is 2.24 bits per heavy atom. The van der Waals surface area contributed by atoms with Crippen LogP contribution in [0.15, 0.2) is 24.3 Å². The Morgan fingerprint density at radius 1 is 1.53 bits per heavy atom. The lowest BCUT2D eigenvalue weighted by Gasteiger charge is -2.35. The monoisotopic (exact) mass is 235 g/mol. The molecule has 0 spiro atoms. The molecule has 0 bridgehead atoms. The van der Waals surface area contributed by atoms with Crippen LogP contribution >= 0.6 is 0 Å². The van der Waals surface area contributed by atoms with Crippen molar-refractivity contribution in [3.8, 4) is 0 Å². The smallest absolute Gasteiger partial charge is 0.407 e. The van der Waals surface area contributed by atoms with E-state index in [9.17, 15) is 9.18 Å². The van der Waals surface area contributed by atoms with Gasteiger partial charge in [-0.1, -0.05) is 24.3 Å². The lowest BCUT2D eigenvalue weighted by atomic mass is 9.99. The van der Waals surface area contributed by atoms with E-state index >= 15 is 0 Å². The third-order valence-corrected chi connectivity index (χ3v) is 2.88. The van der Waals surface area contributed by atoms with E-state index in [0.29, 0.717) is 18.7 Å². The van der Waals surface area contributed by atoms with Gasteiger partial charge >= 0.3 is 6.09 Å². The Hall–Kier alpha value is -1.84. The van der Waals surface area contributed by atoms with Gasteiger partial charge < -0.3 is 10.0 Å². The van der Waals surface area contributed by atoms with E-state index < -0.39 is 6.09 Å². The van der Waals surface area contributed by atoms with Crippen LogP contribution in [0.5, 0.6) is 0 Å². The molecule has 2 rings (SSSR count).